The molecule has 0 saturated heterocycles. The highest BCUT2D eigenvalue weighted by molar-refractivity contribution is 5.98. The number of rotatable bonds is 2. The molecular formula is C16H20N4O. The lowest BCUT2D eigenvalue weighted by Crippen LogP contribution is -2.28. The molecule has 0 saturated carbocycles. The van der Waals surface area contributed by atoms with Gasteiger partial charge in [-0.1, -0.05) is 24.3 Å². The summed E-state index contributed by atoms with van der Waals surface area (Å²) < 4.78 is 1.95. The summed E-state index contributed by atoms with van der Waals surface area (Å²) in [4.78, 5) is 13.8. The second-order valence-electron chi connectivity index (χ2n) is 5.64. The van der Waals surface area contributed by atoms with Gasteiger partial charge in [0.15, 0.2) is 0 Å². The first-order valence-electron chi connectivity index (χ1n) is 7.18. The lowest BCUT2D eigenvalue weighted by atomic mass is 9.97. The summed E-state index contributed by atoms with van der Waals surface area (Å²) in [5, 5.41) is 7.78. The highest BCUT2D eigenvalue weighted by Gasteiger charge is 2.28. The fourth-order valence-corrected chi connectivity index (χ4v) is 2.87. The molecule has 0 bridgehead atoms. The van der Waals surface area contributed by atoms with Crippen molar-refractivity contribution in [2.45, 2.75) is 19.4 Å². The van der Waals surface area contributed by atoms with Crippen molar-refractivity contribution >= 4 is 11.7 Å². The lowest BCUT2D eigenvalue weighted by Gasteiger charge is -2.28. The average molecular weight is 284 g/mol. The van der Waals surface area contributed by atoms with E-state index in [1.54, 1.807) is 25.2 Å². The quantitative estimate of drug-likeness (QED) is 0.920. The second kappa shape index (κ2) is 5.24. The summed E-state index contributed by atoms with van der Waals surface area (Å²) in [7, 11) is 3.52. The van der Waals surface area contributed by atoms with Crippen LogP contribution in [0.15, 0.2) is 30.5 Å². The van der Waals surface area contributed by atoms with Gasteiger partial charge in [0.2, 0.25) is 0 Å². The van der Waals surface area contributed by atoms with Crippen molar-refractivity contribution < 1.29 is 4.79 Å². The van der Waals surface area contributed by atoms with Gasteiger partial charge in [-0.3, -0.25) is 4.79 Å². The molecule has 1 unspecified atom stereocenters. The number of nitrogens with one attached hydrogen (secondary N) is 1. The van der Waals surface area contributed by atoms with Crippen molar-refractivity contribution in [3.05, 3.63) is 47.2 Å². The number of nitrogens with zero attached hydrogens (tertiary/aromatic N) is 3. The van der Waals surface area contributed by atoms with Crippen LogP contribution in [0.4, 0.5) is 5.82 Å². The SMILES string of the molecule is Cc1ccccc1C1CCNc2c(C(=O)N(C)C)cnn21. The molecule has 1 aliphatic heterocycles. The number of anilines is 1. The predicted molar refractivity (Wildman–Crippen MR) is 82.7 cm³/mol. The van der Waals surface area contributed by atoms with E-state index < -0.39 is 0 Å². The van der Waals surface area contributed by atoms with Gasteiger partial charge in [-0.25, -0.2) is 4.68 Å². The van der Waals surface area contributed by atoms with Crippen molar-refractivity contribution in [2.24, 2.45) is 0 Å². The minimum absolute atomic E-state index is 0.0193. The molecule has 0 radical (unpaired) electrons. The van der Waals surface area contributed by atoms with E-state index in [1.807, 2.05) is 10.7 Å². The Morgan fingerprint density at radius 1 is 1.38 bits per heavy atom. The summed E-state index contributed by atoms with van der Waals surface area (Å²) in [6.07, 6.45) is 2.64. The van der Waals surface area contributed by atoms with E-state index in [4.69, 9.17) is 0 Å². The summed E-state index contributed by atoms with van der Waals surface area (Å²) in [5.41, 5.74) is 3.16. The molecule has 0 fully saturated rings. The van der Waals surface area contributed by atoms with Gasteiger partial charge in [-0.15, -0.1) is 0 Å². The Morgan fingerprint density at radius 3 is 2.86 bits per heavy atom. The molecule has 5 nitrogen and oxygen atoms in total. The van der Waals surface area contributed by atoms with Crippen molar-refractivity contribution in [1.82, 2.24) is 14.7 Å². The molecule has 2 aromatic rings. The largest absolute Gasteiger partial charge is 0.369 e. The van der Waals surface area contributed by atoms with Gasteiger partial charge in [0.1, 0.15) is 11.4 Å². The van der Waals surface area contributed by atoms with Crippen LogP contribution in [0, 0.1) is 6.92 Å². The van der Waals surface area contributed by atoms with Crippen LogP contribution in [-0.2, 0) is 0 Å². The Balaban J connectivity index is 2.04. The third kappa shape index (κ3) is 2.28. The zero-order chi connectivity index (χ0) is 15.0. The van der Waals surface area contributed by atoms with Crippen LogP contribution < -0.4 is 5.32 Å². The topological polar surface area (TPSA) is 50.2 Å². The van der Waals surface area contributed by atoms with Gasteiger partial charge in [-0.05, 0) is 24.5 Å². The summed E-state index contributed by atoms with van der Waals surface area (Å²) in [5.74, 6) is 0.808. The first kappa shape index (κ1) is 13.7. The lowest BCUT2D eigenvalue weighted by molar-refractivity contribution is 0.0828. The number of amides is 1. The number of aromatic nitrogens is 2. The Morgan fingerprint density at radius 2 is 2.14 bits per heavy atom. The second-order valence-corrected chi connectivity index (χ2v) is 5.64. The molecule has 1 aliphatic rings. The molecule has 2 heterocycles. The van der Waals surface area contributed by atoms with Crippen LogP contribution in [-0.4, -0.2) is 41.2 Å². The van der Waals surface area contributed by atoms with Gasteiger partial charge in [0.05, 0.1) is 12.2 Å². The van der Waals surface area contributed by atoms with Gasteiger partial charge >= 0.3 is 0 Å². The Hall–Kier alpha value is -2.30. The minimum atomic E-state index is -0.0193. The molecule has 1 atom stereocenters. The third-order valence-corrected chi connectivity index (χ3v) is 3.98. The summed E-state index contributed by atoms with van der Waals surface area (Å²) in [6, 6.07) is 8.55. The first-order chi connectivity index (χ1) is 10.1. The van der Waals surface area contributed by atoms with Crippen molar-refractivity contribution in [3.8, 4) is 0 Å². The van der Waals surface area contributed by atoms with E-state index in [9.17, 15) is 4.79 Å². The molecule has 21 heavy (non-hydrogen) atoms. The Bertz CT molecular complexity index is 675. The van der Waals surface area contributed by atoms with Gasteiger partial charge < -0.3 is 10.2 Å². The normalized spacial score (nSPS) is 17.0. The van der Waals surface area contributed by atoms with Crippen LogP contribution in [0.3, 0.4) is 0 Å². The number of benzene rings is 1. The van der Waals surface area contributed by atoms with Crippen molar-refractivity contribution in [3.63, 3.8) is 0 Å². The smallest absolute Gasteiger partial charge is 0.258 e. The summed E-state index contributed by atoms with van der Waals surface area (Å²) in [6.45, 7) is 2.96. The highest BCUT2D eigenvalue weighted by Crippen LogP contribution is 2.32. The van der Waals surface area contributed by atoms with Gasteiger partial charge in [0.25, 0.3) is 5.91 Å². The summed E-state index contributed by atoms with van der Waals surface area (Å²) >= 11 is 0. The van der Waals surface area contributed by atoms with Crippen molar-refractivity contribution in [1.29, 1.82) is 0 Å². The van der Waals surface area contributed by atoms with Gasteiger partial charge in [-0.2, -0.15) is 5.10 Å². The average Bonchev–Trinajstić information content (AvgIpc) is 2.91. The molecule has 1 N–H and O–H groups in total. The molecule has 3 rings (SSSR count). The van der Waals surface area contributed by atoms with E-state index >= 15 is 0 Å². The monoisotopic (exact) mass is 284 g/mol. The number of hydrogen-bond acceptors (Lipinski definition) is 3. The van der Waals surface area contributed by atoms with Crippen LogP contribution >= 0.6 is 0 Å². The maximum atomic E-state index is 12.2. The fraction of sp³-hybridized carbons (Fsp3) is 0.375. The Kier molecular flexibility index (Phi) is 3.41. The predicted octanol–water partition coefficient (Wildman–Crippen LogP) is 2.30. The first-order valence-corrected chi connectivity index (χ1v) is 7.18. The van der Waals surface area contributed by atoms with Gasteiger partial charge in [0, 0.05) is 20.6 Å². The maximum Gasteiger partial charge on any atom is 0.258 e. The molecule has 110 valence electrons. The number of aryl methyl sites for hydroxylation is 1. The number of fused-ring (bicyclic) bond motifs is 1. The standard InChI is InChI=1S/C16H20N4O/c1-11-6-4-5-7-12(11)14-8-9-17-15-13(10-18-20(14)15)16(21)19(2)3/h4-7,10,14,17H,8-9H2,1-3H3. The van der Waals surface area contributed by atoms with Crippen molar-refractivity contribution in [2.75, 3.05) is 26.0 Å². The third-order valence-electron chi connectivity index (χ3n) is 3.98. The van der Waals surface area contributed by atoms with E-state index in [0.717, 1.165) is 18.8 Å². The zero-order valence-electron chi connectivity index (χ0n) is 12.6. The van der Waals surface area contributed by atoms with E-state index in [-0.39, 0.29) is 11.9 Å². The van der Waals surface area contributed by atoms with Crippen LogP contribution in [0.25, 0.3) is 0 Å². The molecule has 0 aliphatic carbocycles. The minimum Gasteiger partial charge on any atom is -0.369 e. The molecular weight excluding hydrogens is 264 g/mol. The number of carbonyl (C=O) groups excluding carboxylic acids is 1. The van der Waals surface area contributed by atoms with Crippen LogP contribution in [0.1, 0.15) is 33.9 Å². The zero-order valence-corrected chi connectivity index (χ0v) is 12.6. The Labute approximate surface area is 124 Å². The van der Waals surface area contributed by atoms with Crippen LogP contribution in [0.5, 0.6) is 0 Å². The number of carbonyl (C=O) groups is 1. The highest BCUT2D eigenvalue weighted by atomic mass is 16.2. The molecule has 1 aromatic heterocycles. The molecule has 5 heteroatoms. The van der Waals surface area contributed by atoms with E-state index in [2.05, 4.69) is 35.5 Å². The number of hydrogen-bond donors (Lipinski definition) is 1. The maximum absolute atomic E-state index is 12.2. The molecule has 1 aromatic carbocycles. The molecule has 1 amide bonds. The van der Waals surface area contributed by atoms with E-state index in [0.29, 0.717) is 5.56 Å². The fourth-order valence-electron chi connectivity index (χ4n) is 2.87. The van der Waals surface area contributed by atoms with Crippen LogP contribution in [0.2, 0.25) is 0 Å². The molecule has 0 spiro atoms. The van der Waals surface area contributed by atoms with E-state index in [1.165, 1.54) is 11.1 Å².